The molecule has 1 aliphatic carbocycles. The summed E-state index contributed by atoms with van der Waals surface area (Å²) in [5.74, 6) is -0.317. The Balaban J connectivity index is 1.78. The van der Waals surface area contributed by atoms with Crippen molar-refractivity contribution >= 4 is 11.9 Å². The van der Waals surface area contributed by atoms with Gasteiger partial charge in [-0.05, 0) is 31.4 Å². The highest BCUT2D eigenvalue weighted by Gasteiger charge is 2.39. The SMILES string of the molecule is O=C(O)C1CCC2OC(c3ccccc3)=NC2C1. The standard InChI is InChI=1S/C14H15NO3/c16-14(17)10-6-7-12-11(8-10)15-13(18-12)9-4-2-1-3-5-9/h1-5,10-12H,6-8H2,(H,16,17). The molecular weight excluding hydrogens is 230 g/mol. The van der Waals surface area contributed by atoms with E-state index in [1.165, 1.54) is 0 Å². The zero-order valence-electron chi connectivity index (χ0n) is 9.95. The van der Waals surface area contributed by atoms with Gasteiger partial charge in [-0.25, -0.2) is 4.99 Å². The van der Waals surface area contributed by atoms with Gasteiger partial charge in [0.2, 0.25) is 5.90 Å². The van der Waals surface area contributed by atoms with Crippen molar-refractivity contribution in [2.24, 2.45) is 10.9 Å². The lowest BCUT2D eigenvalue weighted by molar-refractivity contribution is -0.143. The molecule has 94 valence electrons. The third-order valence-electron chi connectivity index (χ3n) is 3.67. The molecule has 0 amide bonds. The first-order chi connectivity index (χ1) is 8.74. The number of aliphatic imine (C=N–C) groups is 1. The summed E-state index contributed by atoms with van der Waals surface area (Å²) in [7, 11) is 0. The molecule has 4 heteroatoms. The van der Waals surface area contributed by atoms with Gasteiger partial charge in [-0.15, -0.1) is 0 Å². The Labute approximate surface area is 105 Å². The third kappa shape index (κ3) is 1.98. The third-order valence-corrected chi connectivity index (χ3v) is 3.67. The molecule has 3 rings (SSSR count). The predicted octanol–water partition coefficient (Wildman–Crippen LogP) is 2.09. The van der Waals surface area contributed by atoms with Crippen LogP contribution >= 0.6 is 0 Å². The summed E-state index contributed by atoms with van der Waals surface area (Å²) in [5.41, 5.74) is 0.971. The molecule has 0 aromatic heterocycles. The molecule has 0 bridgehead atoms. The molecule has 1 aromatic rings. The van der Waals surface area contributed by atoms with Crippen LogP contribution in [0.3, 0.4) is 0 Å². The number of carboxylic acid groups (broad SMARTS) is 1. The molecule has 4 nitrogen and oxygen atoms in total. The van der Waals surface area contributed by atoms with Crippen molar-refractivity contribution in [2.75, 3.05) is 0 Å². The molecule has 18 heavy (non-hydrogen) atoms. The molecule has 0 radical (unpaired) electrons. The van der Waals surface area contributed by atoms with Gasteiger partial charge < -0.3 is 9.84 Å². The van der Waals surface area contributed by atoms with Gasteiger partial charge in [0.15, 0.2) is 0 Å². The quantitative estimate of drug-likeness (QED) is 0.867. The molecule has 3 unspecified atom stereocenters. The smallest absolute Gasteiger partial charge is 0.306 e. The lowest BCUT2D eigenvalue weighted by Crippen LogP contribution is -2.33. The Kier molecular flexibility index (Phi) is 2.78. The van der Waals surface area contributed by atoms with Gasteiger partial charge in [-0.2, -0.15) is 0 Å². The summed E-state index contributed by atoms with van der Waals surface area (Å²) in [6.45, 7) is 0. The Hall–Kier alpha value is -1.84. The van der Waals surface area contributed by atoms with E-state index in [9.17, 15) is 4.79 Å². The maximum absolute atomic E-state index is 11.0. The summed E-state index contributed by atoms with van der Waals surface area (Å²) >= 11 is 0. The van der Waals surface area contributed by atoms with Crippen molar-refractivity contribution in [3.63, 3.8) is 0 Å². The molecule has 0 saturated heterocycles. The van der Waals surface area contributed by atoms with Gasteiger partial charge in [0, 0.05) is 5.56 Å². The van der Waals surface area contributed by atoms with Crippen molar-refractivity contribution in [3.05, 3.63) is 35.9 Å². The van der Waals surface area contributed by atoms with Crippen LogP contribution in [0.15, 0.2) is 35.3 Å². The Morgan fingerprint density at radius 1 is 1.28 bits per heavy atom. The Bertz CT molecular complexity index is 483. The van der Waals surface area contributed by atoms with Crippen LogP contribution in [0.2, 0.25) is 0 Å². The van der Waals surface area contributed by atoms with Crippen LogP contribution in [0.5, 0.6) is 0 Å². The van der Waals surface area contributed by atoms with Gasteiger partial charge >= 0.3 is 5.97 Å². The predicted molar refractivity (Wildman–Crippen MR) is 66.6 cm³/mol. The summed E-state index contributed by atoms with van der Waals surface area (Å²) in [6.07, 6.45) is 2.13. The fourth-order valence-corrected chi connectivity index (χ4v) is 2.66. The Morgan fingerprint density at radius 2 is 2.06 bits per heavy atom. The van der Waals surface area contributed by atoms with Crippen LogP contribution in [0.4, 0.5) is 0 Å². The molecule has 0 spiro atoms. The highest BCUT2D eigenvalue weighted by molar-refractivity contribution is 5.95. The van der Waals surface area contributed by atoms with Crippen LogP contribution in [0.25, 0.3) is 0 Å². The van der Waals surface area contributed by atoms with E-state index in [0.29, 0.717) is 18.7 Å². The normalized spacial score (nSPS) is 30.2. The van der Waals surface area contributed by atoms with Gasteiger partial charge in [0.05, 0.1) is 12.0 Å². The summed E-state index contributed by atoms with van der Waals surface area (Å²) in [4.78, 5) is 15.5. The minimum Gasteiger partial charge on any atom is -0.481 e. The number of carbonyl (C=O) groups is 1. The van der Waals surface area contributed by atoms with Crippen LogP contribution < -0.4 is 0 Å². The average molecular weight is 245 g/mol. The van der Waals surface area contributed by atoms with Crippen LogP contribution in [0, 0.1) is 5.92 Å². The van der Waals surface area contributed by atoms with Crippen molar-refractivity contribution in [1.29, 1.82) is 0 Å². The van der Waals surface area contributed by atoms with Gasteiger partial charge in [0.25, 0.3) is 0 Å². The van der Waals surface area contributed by atoms with E-state index >= 15 is 0 Å². The van der Waals surface area contributed by atoms with E-state index in [1.54, 1.807) is 0 Å². The van der Waals surface area contributed by atoms with Crippen molar-refractivity contribution in [3.8, 4) is 0 Å². The van der Waals surface area contributed by atoms with Gasteiger partial charge in [-0.3, -0.25) is 4.79 Å². The van der Waals surface area contributed by atoms with E-state index in [2.05, 4.69) is 4.99 Å². The molecule has 1 heterocycles. The molecule has 1 fully saturated rings. The number of aliphatic carboxylic acids is 1. The second-order valence-electron chi connectivity index (χ2n) is 4.87. The zero-order valence-corrected chi connectivity index (χ0v) is 9.95. The number of hydrogen-bond donors (Lipinski definition) is 1. The summed E-state index contributed by atoms with van der Waals surface area (Å²) < 4.78 is 5.84. The number of benzene rings is 1. The van der Waals surface area contributed by atoms with Gasteiger partial charge in [0.1, 0.15) is 6.10 Å². The first-order valence-electron chi connectivity index (χ1n) is 6.27. The van der Waals surface area contributed by atoms with Crippen LogP contribution in [-0.2, 0) is 9.53 Å². The number of fused-ring (bicyclic) bond motifs is 1. The van der Waals surface area contributed by atoms with E-state index in [-0.39, 0.29) is 18.1 Å². The maximum Gasteiger partial charge on any atom is 0.306 e. The molecule has 3 atom stereocenters. The van der Waals surface area contributed by atoms with Crippen LogP contribution in [-0.4, -0.2) is 29.1 Å². The molecule has 1 aromatic carbocycles. The first kappa shape index (κ1) is 11.3. The van der Waals surface area contributed by atoms with Crippen molar-refractivity contribution < 1.29 is 14.6 Å². The first-order valence-corrected chi connectivity index (χ1v) is 6.27. The molecule has 2 aliphatic rings. The number of carboxylic acids is 1. The van der Waals surface area contributed by atoms with Gasteiger partial charge in [-0.1, -0.05) is 18.2 Å². The minimum absolute atomic E-state index is 0.00931. The van der Waals surface area contributed by atoms with Crippen LogP contribution in [0.1, 0.15) is 24.8 Å². The van der Waals surface area contributed by atoms with E-state index in [1.807, 2.05) is 30.3 Å². The fourth-order valence-electron chi connectivity index (χ4n) is 2.66. The molecular formula is C14H15NO3. The van der Waals surface area contributed by atoms with Crippen molar-refractivity contribution in [2.45, 2.75) is 31.4 Å². The lowest BCUT2D eigenvalue weighted by atomic mass is 9.84. The summed E-state index contributed by atoms with van der Waals surface area (Å²) in [6, 6.07) is 9.78. The van der Waals surface area contributed by atoms with E-state index in [4.69, 9.17) is 9.84 Å². The van der Waals surface area contributed by atoms with E-state index < -0.39 is 5.97 Å². The zero-order chi connectivity index (χ0) is 12.5. The number of nitrogens with zero attached hydrogens (tertiary/aromatic N) is 1. The topological polar surface area (TPSA) is 58.9 Å². The Morgan fingerprint density at radius 3 is 2.78 bits per heavy atom. The monoisotopic (exact) mass is 245 g/mol. The maximum atomic E-state index is 11.0. The number of ether oxygens (including phenoxy) is 1. The second-order valence-corrected chi connectivity index (χ2v) is 4.87. The fraction of sp³-hybridized carbons (Fsp3) is 0.429. The highest BCUT2D eigenvalue weighted by atomic mass is 16.5. The number of hydrogen-bond acceptors (Lipinski definition) is 3. The molecule has 1 aliphatic heterocycles. The van der Waals surface area contributed by atoms with Crippen molar-refractivity contribution in [1.82, 2.24) is 0 Å². The molecule has 1 N–H and O–H groups in total. The average Bonchev–Trinajstić information content (AvgIpc) is 2.82. The minimum atomic E-state index is -0.711. The largest absolute Gasteiger partial charge is 0.481 e. The lowest BCUT2D eigenvalue weighted by Gasteiger charge is -2.26. The second kappa shape index (κ2) is 4.44. The van der Waals surface area contributed by atoms with E-state index in [0.717, 1.165) is 12.0 Å². The number of rotatable bonds is 2. The summed E-state index contributed by atoms with van der Waals surface area (Å²) in [5, 5.41) is 9.05. The molecule has 1 saturated carbocycles. The highest BCUT2D eigenvalue weighted by Crippen LogP contribution is 2.33.